The standard InChI is InChI=1S/C12H15BrFNO2/c1-15(2)7-8(5-12(16)17)10-6-9(13)3-4-11(10)14/h3-4,6,8H,5,7H2,1-2H3,(H,16,17). The zero-order valence-corrected chi connectivity index (χ0v) is 11.4. The van der Waals surface area contributed by atoms with Gasteiger partial charge in [-0.3, -0.25) is 4.79 Å². The number of hydrogen-bond acceptors (Lipinski definition) is 2. The van der Waals surface area contributed by atoms with Crippen molar-refractivity contribution in [3.05, 3.63) is 34.1 Å². The molecule has 0 saturated heterocycles. The molecule has 94 valence electrons. The first-order valence-corrected chi connectivity index (χ1v) is 6.01. The van der Waals surface area contributed by atoms with Gasteiger partial charge in [-0.1, -0.05) is 15.9 Å². The van der Waals surface area contributed by atoms with Gasteiger partial charge in [0, 0.05) is 16.9 Å². The van der Waals surface area contributed by atoms with Gasteiger partial charge in [-0.05, 0) is 37.9 Å². The largest absolute Gasteiger partial charge is 0.481 e. The van der Waals surface area contributed by atoms with E-state index in [0.29, 0.717) is 12.1 Å². The molecule has 1 aromatic rings. The van der Waals surface area contributed by atoms with Crippen LogP contribution >= 0.6 is 15.9 Å². The number of nitrogens with zero attached hydrogens (tertiary/aromatic N) is 1. The maximum Gasteiger partial charge on any atom is 0.304 e. The molecule has 0 aromatic heterocycles. The molecule has 0 aliphatic rings. The van der Waals surface area contributed by atoms with E-state index in [1.165, 1.54) is 6.07 Å². The maximum absolute atomic E-state index is 13.7. The van der Waals surface area contributed by atoms with E-state index < -0.39 is 5.97 Å². The predicted octanol–water partition coefficient (Wildman–Crippen LogP) is 2.71. The highest BCUT2D eigenvalue weighted by Gasteiger charge is 2.20. The van der Waals surface area contributed by atoms with Crippen LogP contribution in [0.1, 0.15) is 17.9 Å². The normalized spacial score (nSPS) is 12.8. The van der Waals surface area contributed by atoms with Crippen LogP contribution in [0.4, 0.5) is 4.39 Å². The summed E-state index contributed by atoms with van der Waals surface area (Å²) in [7, 11) is 3.68. The van der Waals surface area contributed by atoms with Gasteiger partial charge in [0.05, 0.1) is 6.42 Å². The third-order valence-electron chi connectivity index (χ3n) is 2.40. The Morgan fingerprint density at radius 3 is 2.71 bits per heavy atom. The maximum atomic E-state index is 13.7. The van der Waals surface area contributed by atoms with Gasteiger partial charge >= 0.3 is 5.97 Å². The highest BCUT2D eigenvalue weighted by molar-refractivity contribution is 9.10. The molecule has 17 heavy (non-hydrogen) atoms. The number of carboxylic acids is 1. The lowest BCUT2D eigenvalue weighted by molar-refractivity contribution is -0.137. The smallest absolute Gasteiger partial charge is 0.304 e. The van der Waals surface area contributed by atoms with Crippen molar-refractivity contribution in [1.29, 1.82) is 0 Å². The molecule has 0 aliphatic heterocycles. The second kappa shape index (κ2) is 6.12. The Kier molecular flexibility index (Phi) is 5.08. The van der Waals surface area contributed by atoms with E-state index in [-0.39, 0.29) is 18.2 Å². The Hall–Kier alpha value is -0.940. The van der Waals surface area contributed by atoms with Crippen LogP contribution in [0.15, 0.2) is 22.7 Å². The molecule has 0 bridgehead atoms. The first-order chi connectivity index (χ1) is 7.90. The molecule has 1 rings (SSSR count). The monoisotopic (exact) mass is 303 g/mol. The highest BCUT2D eigenvalue weighted by atomic mass is 79.9. The average Bonchev–Trinajstić information content (AvgIpc) is 2.19. The van der Waals surface area contributed by atoms with Gasteiger partial charge in [-0.15, -0.1) is 0 Å². The summed E-state index contributed by atoms with van der Waals surface area (Å²) in [6.45, 7) is 0.500. The molecular formula is C12H15BrFNO2. The molecule has 0 spiro atoms. The van der Waals surface area contributed by atoms with Crippen molar-refractivity contribution in [2.24, 2.45) is 0 Å². The molecular weight excluding hydrogens is 289 g/mol. The zero-order valence-electron chi connectivity index (χ0n) is 9.78. The fraction of sp³-hybridized carbons (Fsp3) is 0.417. The summed E-state index contributed by atoms with van der Waals surface area (Å²) < 4.78 is 14.4. The van der Waals surface area contributed by atoms with E-state index in [4.69, 9.17) is 5.11 Å². The molecule has 0 heterocycles. The number of aliphatic carboxylic acids is 1. The van der Waals surface area contributed by atoms with E-state index >= 15 is 0 Å². The third-order valence-corrected chi connectivity index (χ3v) is 2.90. The minimum absolute atomic E-state index is 0.0778. The van der Waals surface area contributed by atoms with Gasteiger partial charge in [0.25, 0.3) is 0 Å². The lowest BCUT2D eigenvalue weighted by atomic mass is 9.95. The summed E-state index contributed by atoms with van der Waals surface area (Å²) in [5.41, 5.74) is 0.440. The second-order valence-electron chi connectivity index (χ2n) is 4.22. The van der Waals surface area contributed by atoms with Crippen LogP contribution in [0.25, 0.3) is 0 Å². The highest BCUT2D eigenvalue weighted by Crippen LogP contribution is 2.26. The minimum Gasteiger partial charge on any atom is -0.481 e. The fourth-order valence-corrected chi connectivity index (χ4v) is 2.13. The molecule has 0 radical (unpaired) electrons. The Balaban J connectivity index is 3.02. The van der Waals surface area contributed by atoms with E-state index in [2.05, 4.69) is 15.9 Å². The summed E-state index contributed by atoms with van der Waals surface area (Å²) in [5.74, 6) is -1.63. The summed E-state index contributed by atoms with van der Waals surface area (Å²) in [5, 5.41) is 8.87. The van der Waals surface area contributed by atoms with Crippen LogP contribution in [0.2, 0.25) is 0 Å². The lowest BCUT2D eigenvalue weighted by Crippen LogP contribution is -2.23. The lowest BCUT2D eigenvalue weighted by Gasteiger charge is -2.20. The van der Waals surface area contributed by atoms with Crippen molar-refractivity contribution in [3.8, 4) is 0 Å². The number of halogens is 2. The molecule has 3 nitrogen and oxygen atoms in total. The second-order valence-corrected chi connectivity index (χ2v) is 5.14. The SMILES string of the molecule is CN(C)CC(CC(=O)O)c1cc(Br)ccc1F. The topological polar surface area (TPSA) is 40.5 Å². The van der Waals surface area contributed by atoms with Crippen LogP contribution in [0.5, 0.6) is 0 Å². The van der Waals surface area contributed by atoms with Gasteiger partial charge in [-0.25, -0.2) is 4.39 Å². The molecule has 5 heteroatoms. The van der Waals surface area contributed by atoms with E-state index in [1.807, 2.05) is 19.0 Å². The quantitative estimate of drug-likeness (QED) is 0.909. The number of benzene rings is 1. The molecule has 0 amide bonds. The summed E-state index contributed by atoms with van der Waals surface area (Å²) >= 11 is 3.27. The first-order valence-electron chi connectivity index (χ1n) is 5.21. The molecule has 1 N–H and O–H groups in total. The van der Waals surface area contributed by atoms with Crippen molar-refractivity contribution >= 4 is 21.9 Å². The Labute approximate surface area is 108 Å². The van der Waals surface area contributed by atoms with Crippen molar-refractivity contribution in [1.82, 2.24) is 4.90 Å². The zero-order chi connectivity index (χ0) is 13.0. The van der Waals surface area contributed by atoms with Crippen LogP contribution in [0.3, 0.4) is 0 Å². The summed E-state index contributed by atoms with van der Waals surface area (Å²) in [6, 6.07) is 4.60. The van der Waals surface area contributed by atoms with Gasteiger partial charge in [0.2, 0.25) is 0 Å². The average molecular weight is 304 g/mol. The van der Waals surface area contributed by atoms with Crippen LogP contribution in [-0.2, 0) is 4.79 Å². The number of likely N-dealkylation sites (N-methyl/N-ethyl adjacent to an activating group) is 1. The fourth-order valence-electron chi connectivity index (χ4n) is 1.75. The molecule has 1 atom stereocenters. The molecule has 0 fully saturated rings. The van der Waals surface area contributed by atoms with Gasteiger partial charge in [0.15, 0.2) is 0 Å². The predicted molar refractivity (Wildman–Crippen MR) is 67.6 cm³/mol. The molecule has 1 aromatic carbocycles. The van der Waals surface area contributed by atoms with Crippen LogP contribution in [0, 0.1) is 5.82 Å². The number of carbonyl (C=O) groups is 1. The van der Waals surface area contributed by atoms with Crippen LogP contribution < -0.4 is 0 Å². The van der Waals surface area contributed by atoms with E-state index in [1.54, 1.807) is 12.1 Å². The molecule has 0 aliphatic carbocycles. The Bertz CT molecular complexity index is 409. The van der Waals surface area contributed by atoms with Crippen molar-refractivity contribution in [3.63, 3.8) is 0 Å². The van der Waals surface area contributed by atoms with Crippen LogP contribution in [-0.4, -0.2) is 36.6 Å². The minimum atomic E-state index is -0.920. The van der Waals surface area contributed by atoms with Crippen molar-refractivity contribution in [2.75, 3.05) is 20.6 Å². The molecule has 0 saturated carbocycles. The number of rotatable bonds is 5. The third kappa shape index (κ3) is 4.44. The number of hydrogen-bond donors (Lipinski definition) is 1. The molecule has 1 unspecified atom stereocenters. The number of carboxylic acid groups (broad SMARTS) is 1. The van der Waals surface area contributed by atoms with Crippen molar-refractivity contribution in [2.45, 2.75) is 12.3 Å². The summed E-state index contributed by atoms with van der Waals surface area (Å²) in [6.07, 6.45) is -0.0778. The van der Waals surface area contributed by atoms with Gasteiger partial charge in [-0.2, -0.15) is 0 Å². The Morgan fingerprint density at radius 1 is 1.53 bits per heavy atom. The Morgan fingerprint density at radius 2 is 2.18 bits per heavy atom. The summed E-state index contributed by atoms with van der Waals surface area (Å²) in [4.78, 5) is 12.7. The van der Waals surface area contributed by atoms with Gasteiger partial charge < -0.3 is 10.0 Å². The van der Waals surface area contributed by atoms with E-state index in [9.17, 15) is 9.18 Å². The first kappa shape index (κ1) is 14.1. The van der Waals surface area contributed by atoms with E-state index in [0.717, 1.165) is 4.47 Å². The van der Waals surface area contributed by atoms with Crippen molar-refractivity contribution < 1.29 is 14.3 Å². The van der Waals surface area contributed by atoms with Gasteiger partial charge in [0.1, 0.15) is 5.82 Å².